The molecule has 1 heterocycles. The molecule has 1 N–H and O–H groups in total. The van der Waals surface area contributed by atoms with Crippen molar-refractivity contribution in [2.45, 2.75) is 38.3 Å². The van der Waals surface area contributed by atoms with Crippen molar-refractivity contribution in [3.63, 3.8) is 0 Å². The van der Waals surface area contributed by atoms with E-state index < -0.39 is 0 Å². The lowest BCUT2D eigenvalue weighted by Gasteiger charge is -2.26. The Morgan fingerprint density at radius 2 is 2.26 bits per heavy atom. The van der Waals surface area contributed by atoms with Crippen molar-refractivity contribution >= 4 is 0 Å². The smallest absolute Gasteiger partial charge is 0.123 e. The second-order valence-electron chi connectivity index (χ2n) is 5.19. The summed E-state index contributed by atoms with van der Waals surface area (Å²) in [6.45, 7) is 2.07. The van der Waals surface area contributed by atoms with Crippen LogP contribution in [-0.4, -0.2) is 0 Å². The van der Waals surface area contributed by atoms with E-state index in [1.165, 1.54) is 11.6 Å². The van der Waals surface area contributed by atoms with Gasteiger partial charge in [0, 0.05) is 24.1 Å². The van der Waals surface area contributed by atoms with Crippen molar-refractivity contribution in [3.05, 3.63) is 59.3 Å². The predicted molar refractivity (Wildman–Crippen MR) is 72.3 cm³/mol. The highest BCUT2D eigenvalue weighted by Gasteiger charge is 2.23. The van der Waals surface area contributed by atoms with Crippen molar-refractivity contribution < 1.29 is 8.81 Å². The minimum Gasteiger partial charge on any atom is -0.469 e. The monoisotopic (exact) mass is 259 g/mol. The maximum Gasteiger partial charge on any atom is 0.123 e. The van der Waals surface area contributed by atoms with Gasteiger partial charge in [0.05, 0.1) is 6.26 Å². The van der Waals surface area contributed by atoms with Crippen LogP contribution in [0.3, 0.4) is 0 Å². The van der Waals surface area contributed by atoms with Crippen LogP contribution >= 0.6 is 0 Å². The molecular weight excluding hydrogens is 241 g/mol. The van der Waals surface area contributed by atoms with Crippen molar-refractivity contribution in [1.29, 1.82) is 0 Å². The zero-order valence-corrected chi connectivity index (χ0v) is 11.0. The molecule has 3 rings (SSSR count). The SMILES string of the molecule is C[C@H](NC1CCCc2occc21)c1cccc(F)c1. The molecule has 1 aromatic heterocycles. The first-order chi connectivity index (χ1) is 9.24. The fourth-order valence-electron chi connectivity index (χ4n) is 2.83. The van der Waals surface area contributed by atoms with Gasteiger partial charge in [-0.05, 0) is 43.5 Å². The van der Waals surface area contributed by atoms with Crippen molar-refractivity contribution in [1.82, 2.24) is 5.32 Å². The molecule has 0 saturated heterocycles. The Morgan fingerprint density at radius 3 is 3.11 bits per heavy atom. The average molecular weight is 259 g/mol. The molecule has 0 saturated carbocycles. The van der Waals surface area contributed by atoms with Crippen LogP contribution in [0.15, 0.2) is 41.0 Å². The van der Waals surface area contributed by atoms with Crippen LogP contribution in [0.5, 0.6) is 0 Å². The molecule has 1 aromatic carbocycles. The molecule has 2 atom stereocenters. The zero-order chi connectivity index (χ0) is 13.2. The Balaban J connectivity index is 1.76. The average Bonchev–Trinajstić information content (AvgIpc) is 2.88. The Bertz CT molecular complexity index is 563. The van der Waals surface area contributed by atoms with Crippen LogP contribution in [-0.2, 0) is 6.42 Å². The summed E-state index contributed by atoms with van der Waals surface area (Å²) in [4.78, 5) is 0. The summed E-state index contributed by atoms with van der Waals surface area (Å²) in [6, 6.07) is 9.27. The number of halogens is 1. The second-order valence-corrected chi connectivity index (χ2v) is 5.19. The van der Waals surface area contributed by atoms with Gasteiger partial charge in [-0.1, -0.05) is 12.1 Å². The van der Waals surface area contributed by atoms with Crippen molar-refractivity contribution in [3.8, 4) is 0 Å². The standard InChI is InChI=1S/C16H18FNO/c1-11(12-4-2-5-13(17)10-12)18-15-6-3-7-16-14(15)8-9-19-16/h2,4-5,8-11,15,18H,3,6-7H2,1H3/t11-,15?/m0/s1. The summed E-state index contributed by atoms with van der Waals surface area (Å²) in [6.07, 6.45) is 5.02. The lowest BCUT2D eigenvalue weighted by molar-refractivity contribution is 0.385. The van der Waals surface area contributed by atoms with Crippen LogP contribution in [0, 0.1) is 5.82 Å². The van der Waals surface area contributed by atoms with Gasteiger partial charge in [0.15, 0.2) is 0 Å². The highest BCUT2D eigenvalue weighted by atomic mass is 19.1. The predicted octanol–water partition coefficient (Wildman–Crippen LogP) is 4.15. The van der Waals surface area contributed by atoms with Gasteiger partial charge in [-0.15, -0.1) is 0 Å². The number of furan rings is 1. The lowest BCUT2D eigenvalue weighted by Crippen LogP contribution is -2.27. The minimum absolute atomic E-state index is 0.126. The van der Waals surface area contributed by atoms with E-state index in [0.717, 1.165) is 30.6 Å². The van der Waals surface area contributed by atoms with Crippen LogP contribution in [0.25, 0.3) is 0 Å². The molecule has 0 radical (unpaired) electrons. The maximum atomic E-state index is 13.3. The molecule has 0 fully saturated rings. The zero-order valence-electron chi connectivity index (χ0n) is 11.0. The van der Waals surface area contributed by atoms with Crippen molar-refractivity contribution in [2.75, 3.05) is 0 Å². The lowest BCUT2D eigenvalue weighted by atomic mass is 9.92. The highest BCUT2D eigenvalue weighted by molar-refractivity contribution is 5.26. The molecule has 100 valence electrons. The van der Waals surface area contributed by atoms with Crippen LogP contribution in [0.1, 0.15) is 48.7 Å². The van der Waals surface area contributed by atoms with Crippen molar-refractivity contribution in [2.24, 2.45) is 0 Å². The van der Waals surface area contributed by atoms with E-state index in [1.807, 2.05) is 12.1 Å². The van der Waals surface area contributed by atoms with Crippen LogP contribution in [0.4, 0.5) is 4.39 Å². The normalized spacial score (nSPS) is 20.0. The Kier molecular flexibility index (Phi) is 3.38. The van der Waals surface area contributed by atoms with E-state index in [2.05, 4.69) is 12.2 Å². The van der Waals surface area contributed by atoms with E-state index in [1.54, 1.807) is 18.4 Å². The summed E-state index contributed by atoms with van der Waals surface area (Å²) in [7, 11) is 0. The van der Waals surface area contributed by atoms with Gasteiger partial charge < -0.3 is 9.73 Å². The Morgan fingerprint density at radius 1 is 1.37 bits per heavy atom. The maximum absolute atomic E-state index is 13.3. The molecule has 0 amide bonds. The molecule has 1 unspecified atom stereocenters. The third-order valence-electron chi connectivity index (χ3n) is 3.85. The minimum atomic E-state index is -0.182. The molecule has 1 aliphatic carbocycles. The molecule has 2 aromatic rings. The van der Waals surface area contributed by atoms with E-state index in [-0.39, 0.29) is 11.9 Å². The quantitative estimate of drug-likeness (QED) is 0.895. The number of aryl methyl sites for hydroxylation is 1. The number of nitrogens with one attached hydrogen (secondary N) is 1. The first-order valence-corrected chi connectivity index (χ1v) is 6.82. The van der Waals surface area contributed by atoms with Gasteiger partial charge >= 0.3 is 0 Å². The Labute approximate surface area is 112 Å². The van der Waals surface area contributed by atoms with Gasteiger partial charge in [0.2, 0.25) is 0 Å². The first kappa shape index (κ1) is 12.4. The van der Waals surface area contributed by atoms with E-state index in [9.17, 15) is 4.39 Å². The molecule has 2 nitrogen and oxygen atoms in total. The molecule has 3 heteroatoms. The number of rotatable bonds is 3. The van der Waals surface area contributed by atoms with Crippen LogP contribution < -0.4 is 5.32 Å². The second kappa shape index (κ2) is 5.17. The van der Waals surface area contributed by atoms with Gasteiger partial charge in [-0.3, -0.25) is 0 Å². The summed E-state index contributed by atoms with van der Waals surface area (Å²) in [5, 5.41) is 3.58. The van der Waals surface area contributed by atoms with Gasteiger partial charge in [-0.2, -0.15) is 0 Å². The van der Waals surface area contributed by atoms with Crippen LogP contribution in [0.2, 0.25) is 0 Å². The van der Waals surface area contributed by atoms with Gasteiger partial charge in [0.1, 0.15) is 11.6 Å². The third kappa shape index (κ3) is 2.56. The molecular formula is C16H18FNO. The fourth-order valence-corrected chi connectivity index (χ4v) is 2.83. The number of hydrogen-bond donors (Lipinski definition) is 1. The summed E-state index contributed by atoms with van der Waals surface area (Å²) in [5.41, 5.74) is 2.24. The molecule has 19 heavy (non-hydrogen) atoms. The third-order valence-corrected chi connectivity index (χ3v) is 3.85. The molecule has 0 aliphatic heterocycles. The van der Waals surface area contributed by atoms with Gasteiger partial charge in [-0.25, -0.2) is 4.39 Å². The Hall–Kier alpha value is -1.61. The highest BCUT2D eigenvalue weighted by Crippen LogP contribution is 2.32. The topological polar surface area (TPSA) is 25.2 Å². The summed E-state index contributed by atoms with van der Waals surface area (Å²) in [5.74, 6) is 0.911. The van der Waals surface area contributed by atoms with E-state index in [4.69, 9.17) is 4.42 Å². The molecule has 0 bridgehead atoms. The fraction of sp³-hybridized carbons (Fsp3) is 0.375. The van der Waals surface area contributed by atoms with E-state index in [0.29, 0.717) is 6.04 Å². The number of benzene rings is 1. The number of hydrogen-bond acceptors (Lipinski definition) is 2. The molecule has 1 aliphatic rings. The first-order valence-electron chi connectivity index (χ1n) is 6.82. The summed E-state index contributed by atoms with van der Waals surface area (Å²) >= 11 is 0. The summed E-state index contributed by atoms with van der Waals surface area (Å²) < 4.78 is 18.7. The number of fused-ring (bicyclic) bond motifs is 1. The van der Waals surface area contributed by atoms with Gasteiger partial charge in [0.25, 0.3) is 0 Å². The largest absolute Gasteiger partial charge is 0.469 e. The molecule has 0 spiro atoms. The van der Waals surface area contributed by atoms with E-state index >= 15 is 0 Å².